The van der Waals surface area contributed by atoms with Crippen LogP contribution in [0.4, 0.5) is 32.3 Å². The molecule has 1 atom stereocenters. The average molecular weight is 559 g/mol. The number of nitrogens with zero attached hydrogens (tertiary/aromatic N) is 4. The number of carboxylic acids is 2. The maximum Gasteiger partial charge on any atom is 0.490 e. The summed E-state index contributed by atoms with van der Waals surface area (Å²) < 4.78 is 69.4. The lowest BCUT2D eigenvalue weighted by atomic mass is 9.87. The summed E-state index contributed by atoms with van der Waals surface area (Å²) >= 11 is 1.84. The van der Waals surface area contributed by atoms with E-state index in [1.165, 1.54) is 11.3 Å². The number of rotatable bonds is 3. The van der Waals surface area contributed by atoms with Gasteiger partial charge in [0, 0.05) is 48.9 Å². The topological polar surface area (TPSA) is 116 Å². The fraction of sp³-hybridized carbons (Fsp3) is 0.524. The van der Waals surface area contributed by atoms with Crippen LogP contribution >= 0.6 is 11.3 Å². The molecule has 0 aliphatic carbocycles. The highest BCUT2D eigenvalue weighted by molar-refractivity contribution is 7.09. The molecule has 37 heavy (non-hydrogen) atoms. The van der Waals surface area contributed by atoms with Crippen molar-refractivity contribution in [1.29, 1.82) is 0 Å². The van der Waals surface area contributed by atoms with Crippen molar-refractivity contribution in [1.82, 2.24) is 14.9 Å². The van der Waals surface area contributed by atoms with Gasteiger partial charge in [0.1, 0.15) is 0 Å². The van der Waals surface area contributed by atoms with Crippen molar-refractivity contribution in [3.8, 4) is 0 Å². The lowest BCUT2D eigenvalue weighted by molar-refractivity contribution is -0.193. The molecule has 1 unspecified atom stereocenters. The summed E-state index contributed by atoms with van der Waals surface area (Å²) in [5.41, 5.74) is 0.201. The normalized spacial score (nSPS) is 20.3. The Morgan fingerprint density at radius 3 is 2.11 bits per heavy atom. The van der Waals surface area contributed by atoms with Gasteiger partial charge in [0.05, 0.1) is 13.2 Å². The zero-order valence-electron chi connectivity index (χ0n) is 19.2. The molecule has 9 nitrogen and oxygen atoms in total. The van der Waals surface area contributed by atoms with Gasteiger partial charge >= 0.3 is 24.3 Å². The van der Waals surface area contributed by atoms with E-state index < -0.39 is 24.3 Å². The van der Waals surface area contributed by atoms with E-state index in [1.54, 1.807) is 0 Å². The summed E-state index contributed by atoms with van der Waals surface area (Å²) in [4.78, 5) is 32.9. The number of aliphatic carboxylic acids is 2. The lowest BCUT2D eigenvalue weighted by Gasteiger charge is -2.31. The van der Waals surface area contributed by atoms with E-state index in [1.807, 2.05) is 29.8 Å². The first kappa shape index (κ1) is 30.2. The third-order valence-electron chi connectivity index (χ3n) is 5.24. The minimum Gasteiger partial charge on any atom is -0.475 e. The van der Waals surface area contributed by atoms with Gasteiger partial charge in [0.25, 0.3) is 0 Å². The second-order valence-corrected chi connectivity index (χ2v) is 9.20. The van der Waals surface area contributed by atoms with E-state index >= 15 is 0 Å². The van der Waals surface area contributed by atoms with Crippen LogP contribution in [0.25, 0.3) is 0 Å². The molecule has 0 aromatic carbocycles. The molecule has 2 fully saturated rings. The highest BCUT2D eigenvalue weighted by Crippen LogP contribution is 2.35. The van der Waals surface area contributed by atoms with E-state index in [2.05, 4.69) is 37.3 Å². The molecule has 2 saturated heterocycles. The molecule has 2 N–H and O–H groups in total. The molecule has 0 bridgehead atoms. The van der Waals surface area contributed by atoms with Crippen LogP contribution in [-0.2, 0) is 20.9 Å². The fourth-order valence-corrected chi connectivity index (χ4v) is 4.40. The SMILES string of the molecule is O=C(O)C(F)(F)F.O=C(O)C(F)(F)F.c1cnc(N2CCOCC3(CCN(Cc4cccs4)C3)C2)nc1. The van der Waals surface area contributed by atoms with E-state index in [0.717, 1.165) is 51.9 Å². The van der Waals surface area contributed by atoms with E-state index in [-0.39, 0.29) is 5.41 Å². The first-order valence-electron chi connectivity index (χ1n) is 10.7. The molecule has 2 aliphatic rings. The van der Waals surface area contributed by atoms with Gasteiger partial charge in [0.15, 0.2) is 0 Å². The second kappa shape index (κ2) is 13.0. The van der Waals surface area contributed by atoms with E-state index in [9.17, 15) is 26.3 Å². The highest BCUT2D eigenvalue weighted by Gasteiger charge is 2.42. The largest absolute Gasteiger partial charge is 0.490 e. The molecule has 4 rings (SSSR count). The van der Waals surface area contributed by atoms with Crippen molar-refractivity contribution in [2.75, 3.05) is 44.3 Å². The summed E-state index contributed by atoms with van der Waals surface area (Å²) in [6, 6.07) is 6.23. The van der Waals surface area contributed by atoms with Crippen LogP contribution in [0.3, 0.4) is 0 Å². The molecule has 1 spiro atoms. The summed E-state index contributed by atoms with van der Waals surface area (Å²) in [5, 5.41) is 16.4. The van der Waals surface area contributed by atoms with Crippen molar-refractivity contribution >= 4 is 29.2 Å². The molecule has 4 heterocycles. The molecule has 0 saturated carbocycles. The number of likely N-dealkylation sites (tertiary alicyclic amines) is 1. The Balaban J connectivity index is 0.000000286. The number of hydrogen-bond donors (Lipinski definition) is 2. The van der Waals surface area contributed by atoms with Gasteiger partial charge in [-0.15, -0.1) is 11.3 Å². The smallest absolute Gasteiger partial charge is 0.475 e. The van der Waals surface area contributed by atoms with E-state index in [4.69, 9.17) is 24.5 Å². The molecule has 2 aliphatic heterocycles. The minimum atomic E-state index is -5.08. The maximum absolute atomic E-state index is 10.6. The Morgan fingerprint density at radius 2 is 1.59 bits per heavy atom. The Kier molecular flexibility index (Phi) is 10.6. The summed E-state index contributed by atoms with van der Waals surface area (Å²) in [5.74, 6) is -4.69. The Morgan fingerprint density at radius 1 is 1.00 bits per heavy atom. The van der Waals surface area contributed by atoms with Crippen molar-refractivity contribution in [3.63, 3.8) is 0 Å². The second-order valence-electron chi connectivity index (χ2n) is 8.17. The van der Waals surface area contributed by atoms with Gasteiger partial charge < -0.3 is 19.8 Å². The summed E-state index contributed by atoms with van der Waals surface area (Å²) in [6.45, 7) is 6.75. The Hall–Kier alpha value is -2.98. The molecule has 0 amide bonds. The van der Waals surface area contributed by atoms with Gasteiger partial charge in [-0.2, -0.15) is 26.3 Å². The van der Waals surface area contributed by atoms with Gasteiger partial charge in [-0.3, -0.25) is 4.90 Å². The third-order valence-corrected chi connectivity index (χ3v) is 6.10. The molecule has 0 radical (unpaired) electrons. The predicted molar refractivity (Wildman–Crippen MR) is 119 cm³/mol. The number of thiophene rings is 1. The summed E-state index contributed by atoms with van der Waals surface area (Å²) in [7, 11) is 0. The van der Waals surface area contributed by atoms with Crippen LogP contribution < -0.4 is 4.90 Å². The molecule has 16 heteroatoms. The molecular formula is C21H24F6N4O5S. The number of carbonyl (C=O) groups is 2. The molecule has 2 aromatic heterocycles. The van der Waals surface area contributed by atoms with E-state index in [0.29, 0.717) is 0 Å². The number of aromatic nitrogens is 2. The number of alkyl halides is 6. The van der Waals surface area contributed by atoms with Gasteiger partial charge in [-0.25, -0.2) is 19.6 Å². The van der Waals surface area contributed by atoms with Crippen molar-refractivity contribution in [2.45, 2.75) is 25.3 Å². The van der Waals surface area contributed by atoms with Crippen molar-refractivity contribution in [3.05, 3.63) is 40.8 Å². The van der Waals surface area contributed by atoms with Gasteiger partial charge in [-0.1, -0.05) is 6.07 Å². The standard InChI is InChI=1S/C17H22N4OS.2C2HF3O2/c1-3-15(23-10-1)11-20-7-4-17(12-20)13-21(8-9-22-14-17)16-18-5-2-6-19-16;2*3-2(4,5)1(6)7/h1-3,5-6,10H,4,7-9,11-14H2;2*(H,6,7). The minimum absolute atomic E-state index is 0.201. The molecule has 2 aromatic rings. The lowest BCUT2D eigenvalue weighted by Crippen LogP contribution is -2.41. The average Bonchev–Trinajstić information content (AvgIpc) is 3.41. The first-order chi connectivity index (χ1) is 17.2. The van der Waals surface area contributed by atoms with Crippen LogP contribution in [0, 0.1) is 5.41 Å². The van der Waals surface area contributed by atoms with Crippen LogP contribution in [0.5, 0.6) is 0 Å². The number of hydrogen-bond acceptors (Lipinski definition) is 8. The molecular weight excluding hydrogens is 534 g/mol. The zero-order chi connectivity index (χ0) is 27.7. The zero-order valence-corrected chi connectivity index (χ0v) is 20.0. The van der Waals surface area contributed by atoms with Crippen molar-refractivity contribution < 1.29 is 50.9 Å². The fourth-order valence-electron chi connectivity index (χ4n) is 3.65. The first-order valence-corrected chi connectivity index (χ1v) is 11.5. The Bertz CT molecular complexity index is 970. The number of halogens is 6. The van der Waals surface area contributed by atoms with Crippen LogP contribution in [0.2, 0.25) is 0 Å². The van der Waals surface area contributed by atoms with Gasteiger partial charge in [-0.05, 0) is 30.5 Å². The number of anilines is 1. The Labute approximate surface area is 211 Å². The third kappa shape index (κ3) is 10.1. The van der Waals surface area contributed by atoms with Crippen LogP contribution in [0.1, 0.15) is 11.3 Å². The molecule has 206 valence electrons. The maximum atomic E-state index is 10.6. The monoisotopic (exact) mass is 558 g/mol. The van der Waals surface area contributed by atoms with Crippen LogP contribution in [-0.4, -0.2) is 88.8 Å². The summed E-state index contributed by atoms with van der Waals surface area (Å²) in [6.07, 6.45) is -5.35. The van der Waals surface area contributed by atoms with Gasteiger partial charge in [0.2, 0.25) is 5.95 Å². The van der Waals surface area contributed by atoms with Crippen molar-refractivity contribution in [2.24, 2.45) is 5.41 Å². The quantitative estimate of drug-likeness (QED) is 0.546. The predicted octanol–water partition coefficient (Wildman–Crippen LogP) is 3.53. The van der Waals surface area contributed by atoms with Crippen LogP contribution in [0.15, 0.2) is 36.0 Å². The number of ether oxygens (including phenoxy) is 1. The highest BCUT2D eigenvalue weighted by atomic mass is 32.1. The number of carboxylic acid groups (broad SMARTS) is 2.